The number of nitrogens with zero attached hydrogens (tertiary/aromatic N) is 2. The van der Waals surface area contributed by atoms with Gasteiger partial charge in [0, 0.05) is 31.1 Å². The third-order valence-corrected chi connectivity index (χ3v) is 4.17. The Morgan fingerprint density at radius 3 is 2.42 bits per heavy atom. The van der Waals surface area contributed by atoms with Gasteiger partial charge in [-0.2, -0.15) is 0 Å². The number of hydrogen-bond acceptors (Lipinski definition) is 3. The predicted molar refractivity (Wildman–Crippen MR) is 112 cm³/mol. The summed E-state index contributed by atoms with van der Waals surface area (Å²) < 4.78 is 7.64. The van der Waals surface area contributed by atoms with E-state index in [9.17, 15) is 0 Å². The quantitative estimate of drug-likeness (QED) is 0.412. The van der Waals surface area contributed by atoms with Gasteiger partial charge in [-0.15, -0.1) is 0 Å². The van der Waals surface area contributed by atoms with E-state index in [1.807, 2.05) is 56.7 Å². The van der Waals surface area contributed by atoms with Gasteiger partial charge in [-0.1, -0.05) is 57.5 Å². The van der Waals surface area contributed by atoms with Gasteiger partial charge in [0.25, 0.3) is 5.17 Å². The maximum atomic E-state index is 5.59. The van der Waals surface area contributed by atoms with Crippen LogP contribution < -0.4 is 0 Å². The van der Waals surface area contributed by atoms with Crippen LogP contribution >= 0.6 is 24.4 Å². The standard InChI is InChI=1S/C17H18N2OS2.C2H6/c1-5-8-12(6-2)14-10-9-13(18(14)4)11-15-16(21)19(7-3)17(22)20-15;1-2/h5-6,8-11H,1-2,7H2,3-4H3;1-2H3/b12-8+,15-11-;. The van der Waals surface area contributed by atoms with Crippen molar-refractivity contribution in [2.45, 2.75) is 20.8 Å². The molecule has 1 aromatic heterocycles. The van der Waals surface area contributed by atoms with Crippen molar-refractivity contribution in [3.05, 3.63) is 60.7 Å². The summed E-state index contributed by atoms with van der Waals surface area (Å²) in [6.07, 6.45) is 7.37. The zero-order valence-electron chi connectivity index (χ0n) is 14.7. The molecule has 0 saturated carbocycles. The van der Waals surface area contributed by atoms with Gasteiger partial charge in [0.2, 0.25) is 0 Å². The van der Waals surface area contributed by atoms with Gasteiger partial charge in [-0.05, 0) is 36.8 Å². The number of hydrogen-bond donors (Lipinski definition) is 0. The van der Waals surface area contributed by atoms with E-state index in [2.05, 4.69) is 13.2 Å². The summed E-state index contributed by atoms with van der Waals surface area (Å²) in [4.78, 5) is 2.42. The van der Waals surface area contributed by atoms with E-state index in [1.165, 1.54) is 0 Å². The summed E-state index contributed by atoms with van der Waals surface area (Å²) in [5.74, 6) is 0.613. The molecule has 24 heavy (non-hydrogen) atoms. The van der Waals surface area contributed by atoms with Crippen molar-refractivity contribution in [1.29, 1.82) is 0 Å². The largest absolute Gasteiger partial charge is 0.428 e. The lowest BCUT2D eigenvalue weighted by molar-refractivity contribution is 0.442. The van der Waals surface area contributed by atoms with E-state index in [1.54, 1.807) is 17.1 Å². The summed E-state index contributed by atoms with van der Waals surface area (Å²) in [5, 5.41) is 0.409. The summed E-state index contributed by atoms with van der Waals surface area (Å²) in [7, 11) is 1.98. The Balaban J connectivity index is 0.00000139. The molecule has 0 N–H and O–H groups in total. The molecule has 1 fully saturated rings. The van der Waals surface area contributed by atoms with Gasteiger partial charge in [0.15, 0.2) is 10.7 Å². The Hall–Kier alpha value is -1.98. The van der Waals surface area contributed by atoms with Crippen LogP contribution in [0.25, 0.3) is 11.6 Å². The van der Waals surface area contributed by atoms with Crippen LogP contribution in [0.1, 0.15) is 32.2 Å². The SMILES string of the molecule is C=C/C=C(\C=C)c1ccc(/C=C2\OC(=S)N(CC)C2=S)n1C.CC. The highest BCUT2D eigenvalue weighted by molar-refractivity contribution is 7.82. The van der Waals surface area contributed by atoms with Crippen molar-refractivity contribution in [2.75, 3.05) is 6.54 Å². The number of rotatable bonds is 5. The van der Waals surface area contributed by atoms with Crippen LogP contribution in [0, 0.1) is 0 Å². The minimum Gasteiger partial charge on any atom is -0.428 e. The lowest BCUT2D eigenvalue weighted by Crippen LogP contribution is -2.26. The van der Waals surface area contributed by atoms with E-state index >= 15 is 0 Å². The van der Waals surface area contributed by atoms with Crippen LogP contribution in [0.5, 0.6) is 0 Å². The smallest absolute Gasteiger partial charge is 0.270 e. The molecule has 0 amide bonds. The molecule has 1 aliphatic rings. The molecule has 0 bridgehead atoms. The number of thiocarbonyl (C=S) groups is 2. The van der Waals surface area contributed by atoms with Gasteiger partial charge in [0.05, 0.1) is 0 Å². The molecule has 2 heterocycles. The molecule has 0 spiro atoms. The monoisotopic (exact) mass is 360 g/mol. The Morgan fingerprint density at radius 2 is 1.92 bits per heavy atom. The van der Waals surface area contributed by atoms with E-state index in [0.29, 0.717) is 22.5 Å². The van der Waals surface area contributed by atoms with Crippen LogP contribution in [0.3, 0.4) is 0 Å². The Kier molecular flexibility index (Phi) is 7.82. The molecule has 1 saturated heterocycles. The lowest BCUT2D eigenvalue weighted by atomic mass is 10.2. The zero-order chi connectivity index (χ0) is 18.3. The van der Waals surface area contributed by atoms with Crippen molar-refractivity contribution in [3.63, 3.8) is 0 Å². The number of allylic oxidation sites excluding steroid dienone is 4. The molecule has 128 valence electrons. The van der Waals surface area contributed by atoms with Gasteiger partial charge >= 0.3 is 0 Å². The summed E-state index contributed by atoms with van der Waals surface area (Å²) in [6, 6.07) is 4.03. The molecule has 2 rings (SSSR count). The maximum absolute atomic E-state index is 5.59. The van der Waals surface area contributed by atoms with Crippen LogP contribution in [0.2, 0.25) is 0 Å². The van der Waals surface area contributed by atoms with Gasteiger partial charge in [-0.3, -0.25) is 4.90 Å². The summed E-state index contributed by atoms with van der Waals surface area (Å²) >= 11 is 10.6. The molecule has 0 atom stereocenters. The number of ether oxygens (including phenoxy) is 1. The van der Waals surface area contributed by atoms with Gasteiger partial charge in [0.1, 0.15) is 0 Å². The van der Waals surface area contributed by atoms with Crippen molar-refractivity contribution < 1.29 is 4.74 Å². The third kappa shape index (κ3) is 4.10. The highest BCUT2D eigenvalue weighted by atomic mass is 32.1. The highest BCUT2D eigenvalue weighted by Crippen LogP contribution is 2.24. The van der Waals surface area contributed by atoms with E-state index in [4.69, 9.17) is 29.2 Å². The van der Waals surface area contributed by atoms with Crippen LogP contribution in [-0.4, -0.2) is 26.2 Å². The first-order valence-electron chi connectivity index (χ1n) is 7.90. The first-order chi connectivity index (χ1) is 11.5. The minimum absolute atomic E-state index is 0.409. The maximum Gasteiger partial charge on any atom is 0.270 e. The van der Waals surface area contributed by atoms with Crippen molar-refractivity contribution in [1.82, 2.24) is 9.47 Å². The lowest BCUT2D eigenvalue weighted by Gasteiger charge is -2.09. The van der Waals surface area contributed by atoms with E-state index < -0.39 is 0 Å². The molecule has 0 aliphatic carbocycles. The van der Waals surface area contributed by atoms with E-state index in [0.717, 1.165) is 17.0 Å². The first kappa shape index (κ1) is 20.1. The fourth-order valence-electron chi connectivity index (χ4n) is 2.25. The number of aromatic nitrogens is 1. The molecule has 1 aromatic rings. The summed E-state index contributed by atoms with van der Waals surface area (Å²) in [5.41, 5.74) is 3.02. The predicted octanol–water partition coefficient (Wildman–Crippen LogP) is 5.11. The van der Waals surface area contributed by atoms with Gasteiger partial charge < -0.3 is 9.30 Å². The average Bonchev–Trinajstić information content (AvgIpc) is 3.07. The Labute approximate surface area is 155 Å². The molecule has 0 aromatic carbocycles. The second-order valence-corrected chi connectivity index (χ2v) is 5.43. The molecular formula is C19H24N2OS2. The minimum atomic E-state index is 0.409. The van der Waals surface area contributed by atoms with Crippen molar-refractivity contribution in [2.24, 2.45) is 7.05 Å². The average molecular weight is 361 g/mol. The van der Waals surface area contributed by atoms with Gasteiger partial charge in [-0.25, -0.2) is 0 Å². The first-order valence-corrected chi connectivity index (χ1v) is 8.71. The fraction of sp³-hybridized carbons (Fsp3) is 0.263. The van der Waals surface area contributed by atoms with Crippen LogP contribution in [0.15, 0.2) is 49.3 Å². The Morgan fingerprint density at radius 1 is 1.25 bits per heavy atom. The van der Waals surface area contributed by atoms with Crippen molar-refractivity contribution >= 4 is 46.2 Å². The molecule has 0 radical (unpaired) electrons. The highest BCUT2D eigenvalue weighted by Gasteiger charge is 2.28. The van der Waals surface area contributed by atoms with Crippen molar-refractivity contribution in [3.8, 4) is 0 Å². The topological polar surface area (TPSA) is 17.4 Å². The third-order valence-electron chi connectivity index (χ3n) is 3.44. The van der Waals surface area contributed by atoms with E-state index in [-0.39, 0.29) is 0 Å². The molecule has 0 unspecified atom stereocenters. The van der Waals surface area contributed by atoms with Crippen LogP contribution in [0.4, 0.5) is 0 Å². The fourth-order valence-corrected chi connectivity index (χ4v) is 2.93. The molecule has 5 heteroatoms. The molecular weight excluding hydrogens is 336 g/mol. The number of likely N-dealkylation sites (N-methyl/N-ethyl adjacent to an activating group) is 1. The Bertz CT molecular complexity index is 711. The zero-order valence-corrected chi connectivity index (χ0v) is 16.3. The van der Waals surface area contributed by atoms with Crippen LogP contribution in [-0.2, 0) is 11.8 Å². The molecule has 3 nitrogen and oxygen atoms in total. The second kappa shape index (κ2) is 9.35. The molecule has 1 aliphatic heterocycles. The summed E-state index contributed by atoms with van der Waals surface area (Å²) in [6.45, 7) is 14.3. The normalized spacial score (nSPS) is 15.9. The second-order valence-electron chi connectivity index (χ2n) is 4.69.